The summed E-state index contributed by atoms with van der Waals surface area (Å²) in [6, 6.07) is 7.70. The first kappa shape index (κ1) is 18.8. The topological polar surface area (TPSA) is 80.8 Å². The molecule has 1 fully saturated rings. The standard InChI is InChI=1S/C20H23N3O4/c1-13-11-23(12-14(2)26-13)20-16(10-21)22-19(27-20)8-6-15-5-7-17(24-3)18(9-15)25-4/h5-9,13-14H,11-12H2,1-4H3/b8-6+/t13-,14-/m0/s1. The molecule has 1 aliphatic rings. The van der Waals surface area contributed by atoms with Crippen LogP contribution in [-0.2, 0) is 4.74 Å². The molecule has 3 rings (SSSR count). The molecule has 0 N–H and O–H groups in total. The first-order chi connectivity index (χ1) is 13.0. The van der Waals surface area contributed by atoms with Crippen molar-refractivity contribution in [2.45, 2.75) is 26.1 Å². The summed E-state index contributed by atoms with van der Waals surface area (Å²) in [7, 11) is 3.19. The number of anilines is 1. The van der Waals surface area contributed by atoms with Gasteiger partial charge in [0.1, 0.15) is 6.07 Å². The van der Waals surface area contributed by atoms with Gasteiger partial charge in [-0.3, -0.25) is 0 Å². The highest BCUT2D eigenvalue weighted by Crippen LogP contribution is 2.29. The van der Waals surface area contributed by atoms with Gasteiger partial charge in [-0.1, -0.05) is 6.07 Å². The zero-order chi connectivity index (χ0) is 19.4. The minimum absolute atomic E-state index is 0.0659. The van der Waals surface area contributed by atoms with Crippen LogP contribution in [0.2, 0.25) is 0 Å². The summed E-state index contributed by atoms with van der Waals surface area (Å²) < 4.78 is 22.2. The maximum Gasteiger partial charge on any atom is 0.235 e. The lowest BCUT2D eigenvalue weighted by atomic mass is 10.2. The summed E-state index contributed by atoms with van der Waals surface area (Å²) >= 11 is 0. The number of rotatable bonds is 5. The highest BCUT2D eigenvalue weighted by atomic mass is 16.5. The van der Waals surface area contributed by atoms with Gasteiger partial charge in [0.05, 0.1) is 26.4 Å². The molecule has 0 spiro atoms. The second-order valence-corrected chi connectivity index (χ2v) is 6.43. The molecular weight excluding hydrogens is 346 g/mol. The molecule has 0 bridgehead atoms. The van der Waals surface area contributed by atoms with Crippen molar-refractivity contribution in [1.82, 2.24) is 4.98 Å². The molecule has 142 valence electrons. The molecule has 2 heterocycles. The molecule has 0 amide bonds. The molecule has 0 unspecified atom stereocenters. The van der Waals surface area contributed by atoms with Crippen LogP contribution in [0.3, 0.4) is 0 Å². The first-order valence-corrected chi connectivity index (χ1v) is 8.75. The maximum atomic E-state index is 9.42. The summed E-state index contributed by atoms with van der Waals surface area (Å²) in [5, 5.41) is 9.42. The predicted molar refractivity (Wildman–Crippen MR) is 102 cm³/mol. The van der Waals surface area contributed by atoms with E-state index in [0.717, 1.165) is 5.56 Å². The van der Waals surface area contributed by atoms with Crippen LogP contribution in [0.5, 0.6) is 11.5 Å². The van der Waals surface area contributed by atoms with E-state index in [1.165, 1.54) is 0 Å². The second kappa shape index (κ2) is 8.14. The minimum Gasteiger partial charge on any atom is -0.493 e. The van der Waals surface area contributed by atoms with E-state index in [-0.39, 0.29) is 17.9 Å². The molecule has 2 atom stereocenters. The van der Waals surface area contributed by atoms with Gasteiger partial charge in [-0.15, -0.1) is 0 Å². The predicted octanol–water partition coefficient (Wildman–Crippen LogP) is 3.35. The average molecular weight is 369 g/mol. The number of nitriles is 1. The van der Waals surface area contributed by atoms with Crippen molar-refractivity contribution < 1.29 is 18.6 Å². The summed E-state index contributed by atoms with van der Waals surface area (Å²) in [4.78, 5) is 6.30. The van der Waals surface area contributed by atoms with Crippen molar-refractivity contribution in [3.63, 3.8) is 0 Å². The molecule has 27 heavy (non-hydrogen) atoms. The lowest BCUT2D eigenvalue weighted by molar-refractivity contribution is -0.00642. The molecule has 0 aliphatic carbocycles. The molecule has 7 heteroatoms. The van der Waals surface area contributed by atoms with E-state index >= 15 is 0 Å². The third kappa shape index (κ3) is 4.23. The summed E-state index contributed by atoms with van der Waals surface area (Å²) in [6.07, 6.45) is 3.72. The normalized spacial score (nSPS) is 19.9. The third-order valence-corrected chi connectivity index (χ3v) is 4.26. The maximum absolute atomic E-state index is 9.42. The van der Waals surface area contributed by atoms with Gasteiger partial charge in [0.25, 0.3) is 0 Å². The first-order valence-electron chi connectivity index (χ1n) is 8.75. The van der Waals surface area contributed by atoms with E-state index in [2.05, 4.69) is 11.1 Å². The van der Waals surface area contributed by atoms with Crippen LogP contribution in [0.4, 0.5) is 5.88 Å². The number of morpholine rings is 1. The second-order valence-electron chi connectivity index (χ2n) is 6.43. The number of benzene rings is 1. The van der Waals surface area contributed by atoms with Crippen molar-refractivity contribution >= 4 is 18.0 Å². The van der Waals surface area contributed by atoms with Crippen LogP contribution in [0.1, 0.15) is 31.0 Å². The summed E-state index contributed by atoms with van der Waals surface area (Å²) in [6.45, 7) is 5.33. The van der Waals surface area contributed by atoms with Gasteiger partial charge < -0.3 is 23.5 Å². The molecule has 1 aromatic heterocycles. The fourth-order valence-corrected chi connectivity index (χ4v) is 3.15. The van der Waals surface area contributed by atoms with Crippen molar-refractivity contribution in [1.29, 1.82) is 5.26 Å². The lowest BCUT2D eigenvalue weighted by Gasteiger charge is -2.34. The minimum atomic E-state index is 0.0659. The SMILES string of the molecule is COc1ccc(/C=C/c2nc(C#N)c(N3C[C@H](C)O[C@@H](C)C3)o2)cc1OC. The quantitative estimate of drug-likeness (QED) is 0.799. The van der Waals surface area contributed by atoms with E-state index in [0.29, 0.717) is 36.4 Å². The fourth-order valence-electron chi connectivity index (χ4n) is 3.15. The largest absolute Gasteiger partial charge is 0.493 e. The Hall–Kier alpha value is -2.98. The fraction of sp³-hybridized carbons (Fsp3) is 0.400. The van der Waals surface area contributed by atoms with E-state index in [4.69, 9.17) is 18.6 Å². The van der Waals surface area contributed by atoms with Gasteiger partial charge in [0.15, 0.2) is 11.5 Å². The van der Waals surface area contributed by atoms with E-state index in [9.17, 15) is 5.26 Å². The number of hydrogen-bond acceptors (Lipinski definition) is 7. The molecular formula is C20H23N3O4. The van der Waals surface area contributed by atoms with E-state index in [1.807, 2.05) is 43.0 Å². The van der Waals surface area contributed by atoms with Gasteiger partial charge in [-0.05, 0) is 37.6 Å². The van der Waals surface area contributed by atoms with Gasteiger partial charge in [-0.2, -0.15) is 10.2 Å². The van der Waals surface area contributed by atoms with Crippen LogP contribution < -0.4 is 14.4 Å². The Morgan fingerprint density at radius 2 is 1.85 bits per heavy atom. The van der Waals surface area contributed by atoms with Crippen molar-refractivity contribution in [3.05, 3.63) is 35.3 Å². The number of hydrogen-bond donors (Lipinski definition) is 0. The number of ether oxygens (including phenoxy) is 3. The van der Waals surface area contributed by atoms with Crippen molar-refractivity contribution in [2.24, 2.45) is 0 Å². The highest BCUT2D eigenvalue weighted by molar-refractivity contribution is 5.69. The Bertz CT molecular complexity index is 859. The van der Waals surface area contributed by atoms with Crippen molar-refractivity contribution in [3.8, 4) is 17.6 Å². The smallest absolute Gasteiger partial charge is 0.235 e. The van der Waals surface area contributed by atoms with Gasteiger partial charge in [0, 0.05) is 19.2 Å². The van der Waals surface area contributed by atoms with Gasteiger partial charge in [-0.25, -0.2) is 0 Å². The molecule has 7 nitrogen and oxygen atoms in total. The summed E-state index contributed by atoms with van der Waals surface area (Å²) in [5.41, 5.74) is 1.18. The number of methoxy groups -OCH3 is 2. The highest BCUT2D eigenvalue weighted by Gasteiger charge is 2.27. The van der Waals surface area contributed by atoms with Crippen LogP contribution in [-0.4, -0.2) is 44.5 Å². The average Bonchev–Trinajstić information content (AvgIpc) is 3.08. The zero-order valence-corrected chi connectivity index (χ0v) is 15.9. The van der Waals surface area contributed by atoms with Crippen LogP contribution in [0.25, 0.3) is 12.2 Å². The van der Waals surface area contributed by atoms with E-state index in [1.54, 1.807) is 20.3 Å². The number of nitrogens with zero attached hydrogens (tertiary/aromatic N) is 3. The number of oxazole rings is 1. The van der Waals surface area contributed by atoms with Gasteiger partial charge in [0.2, 0.25) is 17.5 Å². The monoisotopic (exact) mass is 369 g/mol. The summed E-state index contributed by atoms with van der Waals surface area (Å²) in [5.74, 6) is 2.17. The molecule has 0 saturated carbocycles. The molecule has 1 aliphatic heterocycles. The van der Waals surface area contributed by atoms with Gasteiger partial charge >= 0.3 is 0 Å². The Kier molecular flexibility index (Phi) is 5.67. The van der Waals surface area contributed by atoms with Crippen LogP contribution >= 0.6 is 0 Å². The Morgan fingerprint density at radius 3 is 2.48 bits per heavy atom. The molecule has 0 radical (unpaired) electrons. The molecule has 1 saturated heterocycles. The zero-order valence-electron chi connectivity index (χ0n) is 15.9. The van der Waals surface area contributed by atoms with Crippen LogP contribution in [0, 0.1) is 11.3 Å². The molecule has 1 aromatic carbocycles. The Balaban J connectivity index is 1.83. The number of aromatic nitrogens is 1. The Labute approximate surface area is 158 Å². The van der Waals surface area contributed by atoms with E-state index < -0.39 is 0 Å². The third-order valence-electron chi connectivity index (χ3n) is 4.26. The lowest BCUT2D eigenvalue weighted by Crippen LogP contribution is -2.45. The van der Waals surface area contributed by atoms with Crippen LogP contribution in [0.15, 0.2) is 22.6 Å². The van der Waals surface area contributed by atoms with Crippen molar-refractivity contribution in [2.75, 3.05) is 32.2 Å². The molecule has 2 aromatic rings. The Morgan fingerprint density at radius 1 is 1.15 bits per heavy atom.